The van der Waals surface area contributed by atoms with Gasteiger partial charge in [-0.15, -0.1) is 0 Å². The summed E-state index contributed by atoms with van der Waals surface area (Å²) in [4.78, 5) is 0. The van der Waals surface area contributed by atoms with Gasteiger partial charge in [0.25, 0.3) is 0 Å². The average Bonchev–Trinajstić information content (AvgIpc) is 1.79. The predicted octanol–water partition coefficient (Wildman–Crippen LogP) is 0.0238. The number of hydrogen-bond acceptors (Lipinski definition) is 4. The van der Waals surface area contributed by atoms with Gasteiger partial charge in [0, 0.05) is 11.5 Å². The predicted molar refractivity (Wildman–Crippen MR) is 67.0 cm³/mol. The van der Waals surface area contributed by atoms with Crippen LogP contribution < -0.4 is 11.5 Å². The fourth-order valence-corrected chi connectivity index (χ4v) is 1.85. The van der Waals surface area contributed by atoms with Gasteiger partial charge in [-0.1, -0.05) is 48.0 Å². The van der Waals surface area contributed by atoms with Gasteiger partial charge in [-0.2, -0.15) is 0 Å². The molecule has 0 amide bonds. The molecular weight excluding hydrogens is 229 g/mol. The van der Waals surface area contributed by atoms with Gasteiger partial charge in [0.05, 0.1) is 0 Å². The van der Waals surface area contributed by atoms with Crippen LogP contribution in [0.4, 0.5) is 0 Å². The molecule has 0 aliphatic rings. The van der Waals surface area contributed by atoms with Crippen LogP contribution in [0, 0.1) is 0 Å². The van der Waals surface area contributed by atoms with E-state index in [1.54, 1.807) is 0 Å². The van der Waals surface area contributed by atoms with Crippen LogP contribution in [-0.4, -0.2) is 43.2 Å². The SMILES string of the molecule is NC(=S)SCCSC(N)=S.[MgH2]. The molecule has 0 fully saturated rings. The Kier molecular flexibility index (Phi) is 12.5. The number of thioether (sulfide) groups is 2. The lowest BCUT2D eigenvalue weighted by molar-refractivity contribution is 1.57. The maximum Gasteiger partial charge on any atom is 0.316 e. The van der Waals surface area contributed by atoms with E-state index in [-0.39, 0.29) is 23.1 Å². The van der Waals surface area contributed by atoms with E-state index in [0.29, 0.717) is 8.64 Å². The summed E-state index contributed by atoms with van der Waals surface area (Å²) >= 11 is 12.2. The normalized spacial score (nSPS) is 8.36. The molecule has 0 aromatic rings. The van der Waals surface area contributed by atoms with Crippen LogP contribution in [0.15, 0.2) is 0 Å². The first-order chi connectivity index (χ1) is 4.63. The summed E-state index contributed by atoms with van der Waals surface area (Å²) in [6.07, 6.45) is 0. The molecule has 0 aromatic heterocycles. The summed E-state index contributed by atoms with van der Waals surface area (Å²) in [5, 5.41) is 0. The Morgan fingerprint density at radius 3 is 1.45 bits per heavy atom. The maximum absolute atomic E-state index is 5.23. The van der Waals surface area contributed by atoms with Crippen molar-refractivity contribution in [1.29, 1.82) is 0 Å². The van der Waals surface area contributed by atoms with E-state index < -0.39 is 0 Å². The largest absolute Gasteiger partial charge is 0.385 e. The van der Waals surface area contributed by atoms with Crippen molar-refractivity contribution in [2.75, 3.05) is 11.5 Å². The van der Waals surface area contributed by atoms with E-state index in [0.717, 1.165) is 11.5 Å². The van der Waals surface area contributed by atoms with Gasteiger partial charge in [0.1, 0.15) is 8.64 Å². The fraction of sp³-hybridized carbons (Fsp3) is 0.500. The molecule has 0 bridgehead atoms. The van der Waals surface area contributed by atoms with Crippen molar-refractivity contribution >= 4 is 79.7 Å². The Morgan fingerprint density at radius 2 is 1.27 bits per heavy atom. The Balaban J connectivity index is 0. The van der Waals surface area contributed by atoms with Crippen molar-refractivity contribution in [2.24, 2.45) is 11.5 Å². The quantitative estimate of drug-likeness (QED) is 0.411. The molecular formula is C4H10MgN2S4. The van der Waals surface area contributed by atoms with Crippen LogP contribution in [0.3, 0.4) is 0 Å². The van der Waals surface area contributed by atoms with Crippen molar-refractivity contribution in [2.45, 2.75) is 0 Å². The Bertz CT molecular complexity index is 124. The molecule has 0 aliphatic carbocycles. The fourth-order valence-electron chi connectivity index (χ4n) is 0.285. The standard InChI is InChI=1S/C4H8N2S4.Mg.2H/c5-3(7)9-1-2-10-4(6)8;;;/h1-2H2,(H2,5,7)(H2,6,8);;;. The molecule has 11 heavy (non-hydrogen) atoms. The minimum Gasteiger partial charge on any atom is -0.385 e. The Labute approximate surface area is 102 Å². The second kappa shape index (κ2) is 9.34. The average molecular weight is 239 g/mol. The lowest BCUT2D eigenvalue weighted by Gasteiger charge is -1.96. The topological polar surface area (TPSA) is 52.0 Å². The molecule has 7 heteroatoms. The summed E-state index contributed by atoms with van der Waals surface area (Å²) < 4.78 is 0.951. The van der Waals surface area contributed by atoms with Crippen molar-refractivity contribution in [3.05, 3.63) is 0 Å². The Hall–Kier alpha value is 1.25. The van der Waals surface area contributed by atoms with Crippen molar-refractivity contribution < 1.29 is 0 Å². The zero-order valence-corrected chi connectivity index (χ0v) is 8.47. The summed E-state index contributed by atoms with van der Waals surface area (Å²) in [6.45, 7) is 0. The van der Waals surface area contributed by atoms with Crippen LogP contribution in [0.5, 0.6) is 0 Å². The van der Waals surface area contributed by atoms with E-state index in [2.05, 4.69) is 24.4 Å². The van der Waals surface area contributed by atoms with Crippen LogP contribution in [0.2, 0.25) is 0 Å². The van der Waals surface area contributed by atoms with Gasteiger partial charge in [0.15, 0.2) is 0 Å². The molecule has 62 valence electrons. The second-order valence-corrected chi connectivity index (χ2v) is 5.00. The van der Waals surface area contributed by atoms with Crippen LogP contribution in [-0.2, 0) is 0 Å². The molecule has 0 heterocycles. The second-order valence-electron chi connectivity index (χ2n) is 1.33. The number of thiocarbonyl (C=S) groups is 2. The van der Waals surface area contributed by atoms with E-state index in [1.807, 2.05) is 0 Å². The van der Waals surface area contributed by atoms with Gasteiger partial charge >= 0.3 is 23.1 Å². The van der Waals surface area contributed by atoms with E-state index >= 15 is 0 Å². The molecule has 0 aliphatic heterocycles. The van der Waals surface area contributed by atoms with Crippen LogP contribution in [0.1, 0.15) is 0 Å². The summed E-state index contributed by atoms with van der Waals surface area (Å²) in [5.41, 5.74) is 10.5. The molecule has 0 radical (unpaired) electrons. The summed E-state index contributed by atoms with van der Waals surface area (Å²) in [6, 6.07) is 0. The van der Waals surface area contributed by atoms with Crippen LogP contribution >= 0.6 is 48.0 Å². The molecule has 0 atom stereocenters. The highest BCUT2D eigenvalue weighted by Crippen LogP contribution is 2.06. The minimum absolute atomic E-state index is 0. The molecule has 4 N–H and O–H groups in total. The van der Waals surface area contributed by atoms with E-state index in [9.17, 15) is 0 Å². The third kappa shape index (κ3) is 14.1. The van der Waals surface area contributed by atoms with Gasteiger partial charge in [0.2, 0.25) is 0 Å². The minimum atomic E-state index is 0. The molecule has 0 aromatic carbocycles. The van der Waals surface area contributed by atoms with Gasteiger partial charge in [-0.05, 0) is 0 Å². The lowest BCUT2D eigenvalue weighted by atomic mass is 11.0. The molecule has 0 unspecified atom stereocenters. The number of hydrogen-bond donors (Lipinski definition) is 2. The zero-order chi connectivity index (χ0) is 7.98. The van der Waals surface area contributed by atoms with Crippen molar-refractivity contribution in [3.8, 4) is 0 Å². The Morgan fingerprint density at radius 1 is 1.00 bits per heavy atom. The monoisotopic (exact) mass is 238 g/mol. The third-order valence-corrected chi connectivity index (χ3v) is 2.92. The highest BCUT2D eigenvalue weighted by molar-refractivity contribution is 8.25. The molecule has 0 saturated carbocycles. The number of rotatable bonds is 3. The highest BCUT2D eigenvalue weighted by Gasteiger charge is 1.92. The molecule has 2 nitrogen and oxygen atoms in total. The lowest BCUT2D eigenvalue weighted by Crippen LogP contribution is -2.06. The van der Waals surface area contributed by atoms with Gasteiger partial charge in [-0.3, -0.25) is 0 Å². The number of nitrogens with two attached hydrogens (primary N) is 2. The molecule has 0 rings (SSSR count). The summed E-state index contributed by atoms with van der Waals surface area (Å²) in [5.74, 6) is 1.74. The molecule has 0 saturated heterocycles. The summed E-state index contributed by atoms with van der Waals surface area (Å²) in [7, 11) is 0. The maximum atomic E-state index is 5.23. The molecule has 0 spiro atoms. The van der Waals surface area contributed by atoms with E-state index in [1.165, 1.54) is 23.5 Å². The van der Waals surface area contributed by atoms with E-state index in [4.69, 9.17) is 11.5 Å². The first-order valence-electron chi connectivity index (χ1n) is 2.47. The first-order valence-corrected chi connectivity index (χ1v) is 5.26. The van der Waals surface area contributed by atoms with Crippen LogP contribution in [0.25, 0.3) is 0 Å². The smallest absolute Gasteiger partial charge is 0.316 e. The highest BCUT2D eigenvalue weighted by atomic mass is 32.2. The van der Waals surface area contributed by atoms with Crippen molar-refractivity contribution in [1.82, 2.24) is 0 Å². The van der Waals surface area contributed by atoms with Crippen molar-refractivity contribution in [3.63, 3.8) is 0 Å². The third-order valence-electron chi connectivity index (χ3n) is 0.572. The van der Waals surface area contributed by atoms with Gasteiger partial charge in [-0.25, -0.2) is 0 Å². The first kappa shape index (κ1) is 14.8. The van der Waals surface area contributed by atoms with Gasteiger partial charge < -0.3 is 11.5 Å². The zero-order valence-electron chi connectivity index (χ0n) is 5.20.